The number of aliphatic hydroxyl groups excluding tert-OH is 1. The summed E-state index contributed by atoms with van der Waals surface area (Å²) in [5.41, 5.74) is 1.24. The molecule has 0 heterocycles. The number of nitrogens with one attached hydrogen (secondary N) is 1. The molecule has 1 aromatic rings. The molecule has 15 heavy (non-hydrogen) atoms. The predicted molar refractivity (Wildman–Crippen MR) is 62.7 cm³/mol. The van der Waals surface area contributed by atoms with Crippen LogP contribution >= 0.6 is 0 Å². The summed E-state index contributed by atoms with van der Waals surface area (Å²) in [6.45, 7) is 2.14. The molecule has 0 bridgehead atoms. The van der Waals surface area contributed by atoms with E-state index in [0.717, 1.165) is 6.54 Å². The molecule has 0 aliphatic rings. The van der Waals surface area contributed by atoms with Crippen LogP contribution in [0.15, 0.2) is 30.3 Å². The van der Waals surface area contributed by atoms with Gasteiger partial charge in [0.2, 0.25) is 0 Å². The van der Waals surface area contributed by atoms with Crippen molar-refractivity contribution in [3.05, 3.63) is 35.9 Å². The highest BCUT2D eigenvalue weighted by Crippen LogP contribution is 1.97. The molecule has 0 radical (unpaired) electrons. The topological polar surface area (TPSA) is 35.5 Å². The minimum atomic E-state index is -0.302. The zero-order valence-electron chi connectivity index (χ0n) is 9.48. The van der Waals surface area contributed by atoms with Crippen LogP contribution in [0.4, 0.5) is 0 Å². The maximum Gasteiger partial charge on any atom is 0.0791 e. The standard InChI is InChI=1S/C12H20N2O/c1-14(2)10-12(15)9-13-8-11-6-4-3-5-7-11/h3-7,12-13,15H,8-10H2,1-2H3. The largest absolute Gasteiger partial charge is 0.390 e. The van der Waals surface area contributed by atoms with Crippen LogP contribution in [0.5, 0.6) is 0 Å². The number of nitrogens with zero attached hydrogens (tertiary/aromatic N) is 1. The summed E-state index contributed by atoms with van der Waals surface area (Å²) in [5, 5.41) is 12.8. The minimum Gasteiger partial charge on any atom is -0.390 e. The third-order valence-corrected chi connectivity index (χ3v) is 2.13. The molecule has 1 rings (SSSR count). The van der Waals surface area contributed by atoms with E-state index in [9.17, 15) is 5.11 Å². The second kappa shape index (κ2) is 6.56. The van der Waals surface area contributed by atoms with Crippen molar-refractivity contribution in [3.8, 4) is 0 Å². The smallest absolute Gasteiger partial charge is 0.0791 e. The van der Waals surface area contributed by atoms with Crippen LogP contribution in [0.2, 0.25) is 0 Å². The maximum absolute atomic E-state index is 9.59. The number of hydrogen-bond acceptors (Lipinski definition) is 3. The summed E-state index contributed by atoms with van der Waals surface area (Å²) in [4.78, 5) is 1.98. The van der Waals surface area contributed by atoms with Gasteiger partial charge < -0.3 is 15.3 Å². The lowest BCUT2D eigenvalue weighted by molar-refractivity contribution is 0.134. The Balaban J connectivity index is 2.16. The van der Waals surface area contributed by atoms with E-state index in [1.165, 1.54) is 5.56 Å². The average molecular weight is 208 g/mol. The summed E-state index contributed by atoms with van der Waals surface area (Å²) in [6, 6.07) is 10.2. The molecule has 1 atom stereocenters. The van der Waals surface area contributed by atoms with Gasteiger partial charge in [0.15, 0.2) is 0 Å². The van der Waals surface area contributed by atoms with Crippen molar-refractivity contribution in [1.29, 1.82) is 0 Å². The molecule has 0 saturated heterocycles. The van der Waals surface area contributed by atoms with Crippen LogP contribution in [0, 0.1) is 0 Å². The molecule has 2 N–H and O–H groups in total. The quantitative estimate of drug-likeness (QED) is 0.722. The van der Waals surface area contributed by atoms with Crippen LogP contribution in [0.1, 0.15) is 5.56 Å². The Hall–Kier alpha value is -0.900. The lowest BCUT2D eigenvalue weighted by atomic mass is 10.2. The molecular weight excluding hydrogens is 188 g/mol. The van der Waals surface area contributed by atoms with Crippen molar-refractivity contribution in [3.63, 3.8) is 0 Å². The van der Waals surface area contributed by atoms with Crippen molar-refractivity contribution in [2.75, 3.05) is 27.2 Å². The molecule has 0 saturated carbocycles. The van der Waals surface area contributed by atoms with E-state index in [2.05, 4.69) is 17.4 Å². The first-order chi connectivity index (χ1) is 7.18. The first-order valence-electron chi connectivity index (χ1n) is 5.26. The molecule has 0 amide bonds. The van der Waals surface area contributed by atoms with Crippen LogP contribution in [-0.2, 0) is 6.54 Å². The Bertz CT molecular complexity index is 262. The highest BCUT2D eigenvalue weighted by Gasteiger charge is 2.04. The second-order valence-corrected chi connectivity index (χ2v) is 4.03. The number of benzene rings is 1. The van der Waals surface area contributed by atoms with Crippen molar-refractivity contribution >= 4 is 0 Å². The van der Waals surface area contributed by atoms with E-state index in [1.54, 1.807) is 0 Å². The highest BCUT2D eigenvalue weighted by atomic mass is 16.3. The van der Waals surface area contributed by atoms with Gasteiger partial charge in [0, 0.05) is 19.6 Å². The summed E-state index contributed by atoms with van der Waals surface area (Å²) < 4.78 is 0. The van der Waals surface area contributed by atoms with E-state index in [0.29, 0.717) is 13.1 Å². The fourth-order valence-electron chi connectivity index (χ4n) is 1.47. The predicted octanol–water partition coefficient (Wildman–Crippen LogP) is 0.699. The summed E-state index contributed by atoms with van der Waals surface area (Å²) in [5.74, 6) is 0. The van der Waals surface area contributed by atoms with Gasteiger partial charge in [-0.05, 0) is 19.7 Å². The molecule has 0 aliphatic heterocycles. The summed E-state index contributed by atoms with van der Waals surface area (Å²) >= 11 is 0. The molecule has 0 fully saturated rings. The molecule has 3 heteroatoms. The summed E-state index contributed by atoms with van der Waals surface area (Å²) in [7, 11) is 3.92. The normalized spacial score (nSPS) is 13.1. The van der Waals surface area contributed by atoms with E-state index in [1.807, 2.05) is 37.2 Å². The SMILES string of the molecule is CN(C)CC(O)CNCc1ccccc1. The molecule has 1 unspecified atom stereocenters. The van der Waals surface area contributed by atoms with Gasteiger partial charge in [-0.1, -0.05) is 30.3 Å². The van der Waals surface area contributed by atoms with Gasteiger partial charge in [-0.15, -0.1) is 0 Å². The first-order valence-corrected chi connectivity index (χ1v) is 5.26. The molecular formula is C12H20N2O. The zero-order valence-corrected chi connectivity index (χ0v) is 9.48. The van der Waals surface area contributed by atoms with Gasteiger partial charge in [0.25, 0.3) is 0 Å². The minimum absolute atomic E-state index is 0.302. The summed E-state index contributed by atoms with van der Waals surface area (Å²) in [6.07, 6.45) is -0.302. The van der Waals surface area contributed by atoms with Gasteiger partial charge in [-0.25, -0.2) is 0 Å². The van der Waals surface area contributed by atoms with E-state index in [4.69, 9.17) is 0 Å². The van der Waals surface area contributed by atoms with Crippen molar-refractivity contribution in [2.45, 2.75) is 12.6 Å². The van der Waals surface area contributed by atoms with E-state index in [-0.39, 0.29) is 6.10 Å². The second-order valence-electron chi connectivity index (χ2n) is 4.03. The van der Waals surface area contributed by atoms with Crippen molar-refractivity contribution in [1.82, 2.24) is 10.2 Å². The van der Waals surface area contributed by atoms with Crippen LogP contribution in [0.25, 0.3) is 0 Å². The molecule has 1 aromatic carbocycles. The fraction of sp³-hybridized carbons (Fsp3) is 0.500. The third kappa shape index (κ3) is 5.52. The molecule has 84 valence electrons. The molecule has 0 aromatic heterocycles. The Morgan fingerprint density at radius 1 is 1.27 bits per heavy atom. The van der Waals surface area contributed by atoms with E-state index < -0.39 is 0 Å². The van der Waals surface area contributed by atoms with Crippen LogP contribution in [0.3, 0.4) is 0 Å². The lowest BCUT2D eigenvalue weighted by Crippen LogP contribution is -2.34. The number of likely N-dealkylation sites (N-methyl/N-ethyl adjacent to an activating group) is 1. The van der Waals surface area contributed by atoms with Crippen LogP contribution < -0.4 is 5.32 Å². The first kappa shape index (κ1) is 12.2. The number of rotatable bonds is 6. The van der Waals surface area contributed by atoms with Gasteiger partial charge in [-0.3, -0.25) is 0 Å². The Morgan fingerprint density at radius 3 is 2.53 bits per heavy atom. The molecule has 0 spiro atoms. The van der Waals surface area contributed by atoms with E-state index >= 15 is 0 Å². The molecule has 0 aliphatic carbocycles. The number of aliphatic hydroxyl groups is 1. The maximum atomic E-state index is 9.59. The zero-order chi connectivity index (χ0) is 11.1. The van der Waals surface area contributed by atoms with Gasteiger partial charge in [0.1, 0.15) is 0 Å². The Kier molecular flexibility index (Phi) is 5.32. The van der Waals surface area contributed by atoms with Gasteiger partial charge in [-0.2, -0.15) is 0 Å². The highest BCUT2D eigenvalue weighted by molar-refractivity contribution is 5.14. The van der Waals surface area contributed by atoms with Gasteiger partial charge in [0.05, 0.1) is 6.10 Å². The molecule has 3 nitrogen and oxygen atoms in total. The third-order valence-electron chi connectivity index (χ3n) is 2.13. The average Bonchev–Trinajstić information content (AvgIpc) is 2.18. The van der Waals surface area contributed by atoms with Crippen molar-refractivity contribution < 1.29 is 5.11 Å². The van der Waals surface area contributed by atoms with Gasteiger partial charge >= 0.3 is 0 Å². The van der Waals surface area contributed by atoms with Crippen LogP contribution in [-0.4, -0.2) is 43.3 Å². The van der Waals surface area contributed by atoms with Crippen molar-refractivity contribution in [2.24, 2.45) is 0 Å². The number of hydrogen-bond donors (Lipinski definition) is 2. The fourth-order valence-corrected chi connectivity index (χ4v) is 1.47. The lowest BCUT2D eigenvalue weighted by Gasteiger charge is -2.16. The Labute approximate surface area is 91.7 Å². The Morgan fingerprint density at radius 2 is 1.93 bits per heavy atom. The monoisotopic (exact) mass is 208 g/mol.